The van der Waals surface area contributed by atoms with Crippen LogP contribution in [0.4, 0.5) is 0 Å². The standard InChI is InChI=1S/C13H17N5O3/c1-8-4-9(2)18(16-8)7-11(19)15-12(13(20)21)10-5-14-17(3)6-10/h4-6,12H,7H2,1-3H3,(H,15,19)(H,20,21). The molecule has 2 rings (SSSR count). The fourth-order valence-corrected chi connectivity index (χ4v) is 2.05. The molecule has 8 nitrogen and oxygen atoms in total. The molecule has 8 heteroatoms. The van der Waals surface area contributed by atoms with Crippen molar-refractivity contribution in [3.8, 4) is 0 Å². The van der Waals surface area contributed by atoms with E-state index < -0.39 is 17.9 Å². The molecule has 0 fully saturated rings. The number of carbonyl (C=O) groups excluding carboxylic acids is 1. The zero-order valence-corrected chi connectivity index (χ0v) is 12.1. The number of aryl methyl sites for hydroxylation is 3. The van der Waals surface area contributed by atoms with Gasteiger partial charge in [-0.05, 0) is 19.9 Å². The summed E-state index contributed by atoms with van der Waals surface area (Å²) >= 11 is 0. The summed E-state index contributed by atoms with van der Waals surface area (Å²) in [6, 6.07) is 0.728. The number of nitrogens with one attached hydrogen (secondary N) is 1. The highest BCUT2D eigenvalue weighted by Gasteiger charge is 2.23. The van der Waals surface area contributed by atoms with E-state index in [0.29, 0.717) is 5.56 Å². The van der Waals surface area contributed by atoms with Crippen LogP contribution in [0.2, 0.25) is 0 Å². The summed E-state index contributed by atoms with van der Waals surface area (Å²) in [7, 11) is 1.68. The Balaban J connectivity index is 2.09. The van der Waals surface area contributed by atoms with E-state index in [2.05, 4.69) is 15.5 Å². The van der Waals surface area contributed by atoms with Gasteiger partial charge in [-0.15, -0.1) is 0 Å². The molecule has 0 aromatic carbocycles. The lowest BCUT2D eigenvalue weighted by molar-refractivity contribution is -0.142. The van der Waals surface area contributed by atoms with E-state index in [4.69, 9.17) is 0 Å². The van der Waals surface area contributed by atoms with Crippen LogP contribution in [0.25, 0.3) is 0 Å². The van der Waals surface area contributed by atoms with Gasteiger partial charge < -0.3 is 10.4 Å². The van der Waals surface area contributed by atoms with Crippen LogP contribution in [0.15, 0.2) is 18.5 Å². The predicted octanol–water partition coefficient (Wildman–Crippen LogP) is 0.176. The van der Waals surface area contributed by atoms with Gasteiger partial charge in [-0.25, -0.2) is 4.79 Å². The minimum absolute atomic E-state index is 0.0241. The van der Waals surface area contributed by atoms with Crippen LogP contribution in [0.1, 0.15) is 23.0 Å². The third-order valence-corrected chi connectivity index (χ3v) is 3.01. The summed E-state index contributed by atoms with van der Waals surface area (Å²) < 4.78 is 3.02. The van der Waals surface area contributed by atoms with Gasteiger partial charge in [0.05, 0.1) is 11.9 Å². The Labute approximate surface area is 121 Å². The molecule has 1 unspecified atom stereocenters. The number of carboxylic acids is 1. The van der Waals surface area contributed by atoms with E-state index in [-0.39, 0.29) is 6.54 Å². The number of amides is 1. The molecule has 0 saturated heterocycles. The molecule has 0 aliphatic rings. The lowest BCUT2D eigenvalue weighted by Crippen LogP contribution is -2.36. The van der Waals surface area contributed by atoms with Gasteiger partial charge in [0.25, 0.3) is 0 Å². The van der Waals surface area contributed by atoms with Crippen LogP contribution >= 0.6 is 0 Å². The molecule has 2 heterocycles. The topological polar surface area (TPSA) is 102 Å². The van der Waals surface area contributed by atoms with Crippen LogP contribution in [-0.2, 0) is 23.2 Å². The molecular weight excluding hydrogens is 274 g/mol. The van der Waals surface area contributed by atoms with Crippen molar-refractivity contribution in [3.63, 3.8) is 0 Å². The minimum Gasteiger partial charge on any atom is -0.479 e. The van der Waals surface area contributed by atoms with E-state index in [1.807, 2.05) is 19.9 Å². The molecule has 1 atom stereocenters. The Kier molecular flexibility index (Phi) is 4.06. The molecule has 2 aromatic rings. The van der Waals surface area contributed by atoms with Gasteiger partial charge in [0.1, 0.15) is 6.54 Å². The Morgan fingerprint density at radius 3 is 2.62 bits per heavy atom. The van der Waals surface area contributed by atoms with Crippen LogP contribution in [0.5, 0.6) is 0 Å². The first kappa shape index (κ1) is 14.8. The average molecular weight is 291 g/mol. The van der Waals surface area contributed by atoms with Gasteiger partial charge in [0.15, 0.2) is 6.04 Å². The van der Waals surface area contributed by atoms with E-state index >= 15 is 0 Å². The largest absolute Gasteiger partial charge is 0.479 e. The van der Waals surface area contributed by atoms with Crippen molar-refractivity contribution in [1.82, 2.24) is 24.9 Å². The van der Waals surface area contributed by atoms with Gasteiger partial charge in [-0.2, -0.15) is 10.2 Å². The number of aliphatic carboxylic acids is 1. The second kappa shape index (κ2) is 5.78. The third-order valence-electron chi connectivity index (χ3n) is 3.01. The lowest BCUT2D eigenvalue weighted by atomic mass is 10.1. The summed E-state index contributed by atoms with van der Waals surface area (Å²) in [6.07, 6.45) is 2.98. The summed E-state index contributed by atoms with van der Waals surface area (Å²) in [5, 5.41) is 19.8. The molecule has 0 radical (unpaired) electrons. The van der Waals surface area contributed by atoms with Gasteiger partial charge >= 0.3 is 5.97 Å². The van der Waals surface area contributed by atoms with E-state index in [0.717, 1.165) is 11.4 Å². The highest BCUT2D eigenvalue weighted by atomic mass is 16.4. The maximum atomic E-state index is 12.0. The number of aromatic nitrogens is 4. The number of carbonyl (C=O) groups is 2. The summed E-state index contributed by atoms with van der Waals surface area (Å²) in [5.41, 5.74) is 2.07. The second-order valence-electron chi connectivity index (χ2n) is 4.87. The van der Waals surface area contributed by atoms with Crippen LogP contribution in [0.3, 0.4) is 0 Å². The Morgan fingerprint density at radius 2 is 2.14 bits per heavy atom. The van der Waals surface area contributed by atoms with Crippen molar-refractivity contribution < 1.29 is 14.7 Å². The number of nitrogens with zero attached hydrogens (tertiary/aromatic N) is 4. The number of hydrogen-bond donors (Lipinski definition) is 2. The molecule has 1 amide bonds. The molecular formula is C13H17N5O3. The summed E-state index contributed by atoms with van der Waals surface area (Å²) in [4.78, 5) is 23.3. The van der Waals surface area contributed by atoms with Crippen LogP contribution < -0.4 is 5.32 Å². The summed E-state index contributed by atoms with van der Waals surface area (Å²) in [5.74, 6) is -1.55. The van der Waals surface area contributed by atoms with Crippen molar-refractivity contribution >= 4 is 11.9 Å². The predicted molar refractivity (Wildman–Crippen MR) is 73.4 cm³/mol. The van der Waals surface area contributed by atoms with E-state index in [1.165, 1.54) is 15.6 Å². The van der Waals surface area contributed by atoms with Crippen LogP contribution in [0, 0.1) is 13.8 Å². The zero-order valence-electron chi connectivity index (χ0n) is 12.1. The average Bonchev–Trinajstić information content (AvgIpc) is 2.93. The molecule has 2 N–H and O–H groups in total. The molecule has 0 aliphatic heterocycles. The number of carboxylic acid groups (broad SMARTS) is 1. The maximum absolute atomic E-state index is 12.0. The molecule has 0 aliphatic carbocycles. The van der Waals surface area contributed by atoms with Gasteiger partial charge in [0.2, 0.25) is 5.91 Å². The monoisotopic (exact) mass is 291 g/mol. The van der Waals surface area contributed by atoms with Gasteiger partial charge in [0, 0.05) is 24.5 Å². The smallest absolute Gasteiger partial charge is 0.331 e. The highest BCUT2D eigenvalue weighted by molar-refractivity contribution is 5.84. The van der Waals surface area contributed by atoms with Crippen molar-refractivity contribution in [3.05, 3.63) is 35.4 Å². The van der Waals surface area contributed by atoms with Crippen molar-refractivity contribution in [1.29, 1.82) is 0 Å². The first-order valence-electron chi connectivity index (χ1n) is 6.38. The maximum Gasteiger partial charge on any atom is 0.331 e. The van der Waals surface area contributed by atoms with Gasteiger partial charge in [-0.1, -0.05) is 0 Å². The summed E-state index contributed by atoms with van der Waals surface area (Å²) in [6.45, 7) is 3.64. The quantitative estimate of drug-likeness (QED) is 0.818. The zero-order chi connectivity index (χ0) is 15.6. The highest BCUT2D eigenvalue weighted by Crippen LogP contribution is 2.12. The normalized spacial score (nSPS) is 12.1. The minimum atomic E-state index is -1.13. The molecule has 2 aromatic heterocycles. The Hall–Kier alpha value is -2.64. The number of hydrogen-bond acceptors (Lipinski definition) is 4. The van der Waals surface area contributed by atoms with Crippen LogP contribution in [-0.4, -0.2) is 36.5 Å². The SMILES string of the molecule is Cc1cc(C)n(CC(=O)NC(C(=O)O)c2cnn(C)c2)n1. The van der Waals surface area contributed by atoms with Gasteiger partial charge in [-0.3, -0.25) is 14.2 Å². The molecule has 21 heavy (non-hydrogen) atoms. The first-order chi connectivity index (χ1) is 9.86. The first-order valence-corrected chi connectivity index (χ1v) is 6.38. The fourth-order valence-electron chi connectivity index (χ4n) is 2.05. The van der Waals surface area contributed by atoms with E-state index in [1.54, 1.807) is 13.2 Å². The third kappa shape index (κ3) is 3.47. The Morgan fingerprint density at radius 1 is 1.43 bits per heavy atom. The lowest BCUT2D eigenvalue weighted by Gasteiger charge is -2.13. The van der Waals surface area contributed by atoms with Crippen molar-refractivity contribution in [2.75, 3.05) is 0 Å². The second-order valence-corrected chi connectivity index (χ2v) is 4.87. The molecule has 0 spiro atoms. The molecule has 0 bridgehead atoms. The van der Waals surface area contributed by atoms with Crippen molar-refractivity contribution in [2.24, 2.45) is 7.05 Å². The van der Waals surface area contributed by atoms with E-state index in [9.17, 15) is 14.7 Å². The molecule has 0 saturated carbocycles. The number of rotatable bonds is 5. The Bertz CT molecular complexity index is 673. The fraction of sp³-hybridized carbons (Fsp3) is 0.385. The van der Waals surface area contributed by atoms with Crippen molar-refractivity contribution in [2.45, 2.75) is 26.4 Å². The molecule has 112 valence electrons.